The van der Waals surface area contributed by atoms with Crippen LogP contribution in [0.5, 0.6) is 5.88 Å². The van der Waals surface area contributed by atoms with Gasteiger partial charge in [-0.15, -0.1) is 0 Å². The molecule has 0 amide bonds. The second-order valence-electron chi connectivity index (χ2n) is 7.03. The fourth-order valence-corrected chi connectivity index (χ4v) is 3.74. The fraction of sp³-hybridized carbons (Fsp3) is 0.0385. The van der Waals surface area contributed by atoms with Crippen molar-refractivity contribution < 1.29 is 4.74 Å². The van der Waals surface area contributed by atoms with E-state index in [-0.39, 0.29) is 5.56 Å². The molecule has 0 atom stereocenters. The standard InChI is InChI=1S/C26H18N3O2/c1-31-26-19(13-8-14-27-26)22-16-28-25(30)21-15-20(17-9-4-2-5-10-17)23(29-24(21)22)18-11-6-3-7-12-18/h2,4-16H,1H3,(H,28,30). The van der Waals surface area contributed by atoms with E-state index in [0.717, 1.165) is 33.5 Å². The topological polar surface area (TPSA) is 67.9 Å². The molecular formula is C26H18N3O2. The van der Waals surface area contributed by atoms with E-state index in [4.69, 9.17) is 9.72 Å². The van der Waals surface area contributed by atoms with Crippen LogP contribution in [0.3, 0.4) is 0 Å². The molecule has 0 spiro atoms. The van der Waals surface area contributed by atoms with Crippen LogP contribution in [-0.2, 0) is 0 Å². The Morgan fingerprint density at radius 2 is 1.71 bits per heavy atom. The zero-order valence-electron chi connectivity index (χ0n) is 16.8. The van der Waals surface area contributed by atoms with E-state index >= 15 is 0 Å². The molecule has 5 heteroatoms. The third-order valence-electron chi connectivity index (χ3n) is 5.20. The Morgan fingerprint density at radius 1 is 0.903 bits per heavy atom. The number of ether oxygens (including phenoxy) is 1. The normalized spacial score (nSPS) is 10.9. The largest absolute Gasteiger partial charge is 0.481 e. The minimum atomic E-state index is -0.195. The number of aromatic nitrogens is 3. The van der Waals surface area contributed by atoms with Crippen LogP contribution in [-0.4, -0.2) is 22.1 Å². The first-order valence-corrected chi connectivity index (χ1v) is 9.84. The summed E-state index contributed by atoms with van der Waals surface area (Å²) in [5, 5.41) is 0.508. The number of aromatic amines is 1. The van der Waals surface area contributed by atoms with Crippen molar-refractivity contribution >= 4 is 10.9 Å². The van der Waals surface area contributed by atoms with E-state index < -0.39 is 0 Å². The molecule has 0 bridgehead atoms. The molecule has 1 radical (unpaired) electrons. The van der Waals surface area contributed by atoms with E-state index in [1.54, 1.807) is 19.5 Å². The van der Waals surface area contributed by atoms with Gasteiger partial charge in [0.15, 0.2) is 0 Å². The fourth-order valence-electron chi connectivity index (χ4n) is 3.74. The zero-order valence-corrected chi connectivity index (χ0v) is 16.8. The van der Waals surface area contributed by atoms with Gasteiger partial charge in [0.2, 0.25) is 5.88 Å². The molecule has 149 valence electrons. The SMILES string of the molecule is COc1ncccc1-c1c[nH]c(=O)c2cc(-c3ccccc3)c(-c3cc[c]cc3)nc12. The highest BCUT2D eigenvalue weighted by molar-refractivity contribution is 5.99. The van der Waals surface area contributed by atoms with Gasteiger partial charge in [0.1, 0.15) is 0 Å². The molecule has 1 N–H and O–H groups in total. The first kappa shape index (κ1) is 18.8. The molecule has 5 nitrogen and oxygen atoms in total. The lowest BCUT2D eigenvalue weighted by Gasteiger charge is -2.14. The number of benzene rings is 2. The van der Waals surface area contributed by atoms with Crippen molar-refractivity contribution in [3.8, 4) is 39.4 Å². The van der Waals surface area contributed by atoms with Crippen molar-refractivity contribution in [1.82, 2.24) is 15.0 Å². The maximum absolute atomic E-state index is 12.8. The molecule has 0 saturated heterocycles. The molecule has 0 saturated carbocycles. The molecular weight excluding hydrogens is 386 g/mol. The summed E-state index contributed by atoms with van der Waals surface area (Å²) in [6.45, 7) is 0. The van der Waals surface area contributed by atoms with E-state index in [1.807, 2.05) is 72.8 Å². The van der Waals surface area contributed by atoms with Gasteiger partial charge in [0, 0.05) is 34.6 Å². The third kappa shape index (κ3) is 3.36. The number of pyridine rings is 3. The number of hydrogen-bond donors (Lipinski definition) is 1. The molecule has 5 aromatic rings. The number of nitrogens with zero attached hydrogens (tertiary/aromatic N) is 2. The lowest BCUT2D eigenvalue weighted by molar-refractivity contribution is 0.399. The summed E-state index contributed by atoms with van der Waals surface area (Å²) in [7, 11) is 1.58. The van der Waals surface area contributed by atoms with Crippen molar-refractivity contribution in [3.63, 3.8) is 0 Å². The summed E-state index contributed by atoms with van der Waals surface area (Å²) in [5.41, 5.74) is 5.54. The lowest BCUT2D eigenvalue weighted by Crippen LogP contribution is -2.08. The maximum atomic E-state index is 12.8. The molecule has 3 heterocycles. The summed E-state index contributed by atoms with van der Waals surface area (Å²) < 4.78 is 5.45. The van der Waals surface area contributed by atoms with Crippen LogP contribution in [0.4, 0.5) is 0 Å². The predicted molar refractivity (Wildman–Crippen MR) is 122 cm³/mol. The summed E-state index contributed by atoms with van der Waals surface area (Å²) in [6, 6.07) is 26.3. The average molecular weight is 404 g/mol. The second-order valence-corrected chi connectivity index (χ2v) is 7.03. The smallest absolute Gasteiger partial charge is 0.257 e. The molecule has 0 aliphatic heterocycles. The van der Waals surface area contributed by atoms with Crippen molar-refractivity contribution in [2.24, 2.45) is 0 Å². The Kier molecular flexibility index (Phi) is 4.77. The van der Waals surface area contributed by atoms with Crippen LogP contribution in [0, 0.1) is 6.07 Å². The molecule has 0 fully saturated rings. The summed E-state index contributed by atoms with van der Waals surface area (Å²) in [4.78, 5) is 25.0. The number of hydrogen-bond acceptors (Lipinski definition) is 4. The van der Waals surface area contributed by atoms with Gasteiger partial charge < -0.3 is 9.72 Å². The van der Waals surface area contributed by atoms with Gasteiger partial charge in [-0.2, -0.15) is 0 Å². The van der Waals surface area contributed by atoms with Crippen LogP contribution < -0.4 is 10.3 Å². The Hall–Kier alpha value is -4.25. The molecule has 0 unspecified atom stereocenters. The molecule has 0 aliphatic rings. The van der Waals surface area contributed by atoms with E-state index in [2.05, 4.69) is 16.0 Å². The quantitative estimate of drug-likeness (QED) is 0.451. The van der Waals surface area contributed by atoms with Gasteiger partial charge in [0.25, 0.3) is 5.56 Å². The van der Waals surface area contributed by atoms with Gasteiger partial charge >= 0.3 is 0 Å². The minimum Gasteiger partial charge on any atom is -0.481 e. The molecule has 0 aliphatic carbocycles. The van der Waals surface area contributed by atoms with Crippen LogP contribution >= 0.6 is 0 Å². The monoisotopic (exact) mass is 404 g/mol. The summed E-state index contributed by atoms with van der Waals surface area (Å²) >= 11 is 0. The predicted octanol–water partition coefficient (Wildman–Crippen LogP) is 5.13. The molecule has 2 aromatic carbocycles. The van der Waals surface area contributed by atoms with Gasteiger partial charge in [0.05, 0.1) is 23.7 Å². The number of H-pyrrole nitrogens is 1. The van der Waals surface area contributed by atoms with E-state index in [0.29, 0.717) is 16.8 Å². The van der Waals surface area contributed by atoms with Gasteiger partial charge in [-0.05, 0) is 29.8 Å². The highest BCUT2D eigenvalue weighted by Crippen LogP contribution is 2.36. The van der Waals surface area contributed by atoms with Crippen molar-refractivity contribution in [2.75, 3.05) is 7.11 Å². The summed E-state index contributed by atoms with van der Waals surface area (Å²) in [6.07, 6.45) is 3.34. The van der Waals surface area contributed by atoms with Crippen LogP contribution in [0.15, 0.2) is 90.0 Å². The Balaban J connectivity index is 1.88. The number of nitrogens with one attached hydrogen (secondary N) is 1. The highest BCUT2D eigenvalue weighted by Gasteiger charge is 2.18. The van der Waals surface area contributed by atoms with Crippen LogP contribution in [0.2, 0.25) is 0 Å². The highest BCUT2D eigenvalue weighted by atomic mass is 16.5. The molecule has 3 aromatic heterocycles. The van der Waals surface area contributed by atoms with Crippen molar-refractivity contribution in [2.45, 2.75) is 0 Å². The Labute approximate surface area is 179 Å². The first-order valence-electron chi connectivity index (χ1n) is 9.84. The van der Waals surface area contributed by atoms with E-state index in [9.17, 15) is 4.79 Å². The number of fused-ring (bicyclic) bond motifs is 1. The third-order valence-corrected chi connectivity index (χ3v) is 5.20. The second kappa shape index (κ2) is 7.88. The Morgan fingerprint density at radius 3 is 2.48 bits per heavy atom. The van der Waals surface area contributed by atoms with Gasteiger partial charge in [-0.3, -0.25) is 4.79 Å². The number of methoxy groups -OCH3 is 1. The molecule has 5 rings (SSSR count). The van der Waals surface area contributed by atoms with Crippen molar-refractivity contribution in [1.29, 1.82) is 0 Å². The van der Waals surface area contributed by atoms with Crippen LogP contribution in [0.25, 0.3) is 44.4 Å². The summed E-state index contributed by atoms with van der Waals surface area (Å²) in [5.74, 6) is 0.473. The number of rotatable bonds is 4. The zero-order chi connectivity index (χ0) is 21.2. The first-order chi connectivity index (χ1) is 15.3. The van der Waals surface area contributed by atoms with E-state index in [1.165, 1.54) is 0 Å². The van der Waals surface area contributed by atoms with Gasteiger partial charge in [-0.25, -0.2) is 9.97 Å². The minimum absolute atomic E-state index is 0.195. The lowest BCUT2D eigenvalue weighted by atomic mass is 9.96. The molecule has 31 heavy (non-hydrogen) atoms. The average Bonchev–Trinajstić information content (AvgIpc) is 2.85. The van der Waals surface area contributed by atoms with Crippen molar-refractivity contribution in [3.05, 3.63) is 102 Å². The van der Waals surface area contributed by atoms with Crippen LogP contribution in [0.1, 0.15) is 0 Å². The Bertz CT molecular complexity index is 1430. The van der Waals surface area contributed by atoms with Gasteiger partial charge in [-0.1, -0.05) is 54.6 Å². The maximum Gasteiger partial charge on any atom is 0.257 e.